The van der Waals surface area contributed by atoms with E-state index in [0.29, 0.717) is 12.6 Å². The van der Waals surface area contributed by atoms with Gasteiger partial charge >= 0.3 is 0 Å². The van der Waals surface area contributed by atoms with Gasteiger partial charge in [-0.15, -0.1) is 0 Å². The molecule has 2 aliphatic rings. The molecule has 0 spiro atoms. The minimum atomic E-state index is 0.263. The highest BCUT2D eigenvalue weighted by molar-refractivity contribution is 5.77. The lowest BCUT2D eigenvalue weighted by molar-refractivity contribution is -0.132. The fourth-order valence-corrected chi connectivity index (χ4v) is 3.20. The fourth-order valence-electron chi connectivity index (χ4n) is 3.20. The molecule has 0 saturated heterocycles. The third-order valence-corrected chi connectivity index (χ3v) is 4.37. The summed E-state index contributed by atoms with van der Waals surface area (Å²) < 4.78 is 2.15. The monoisotopic (exact) mass is 261 g/mol. The van der Waals surface area contributed by atoms with Crippen molar-refractivity contribution in [2.24, 2.45) is 0 Å². The minimum absolute atomic E-state index is 0.263. The van der Waals surface area contributed by atoms with Gasteiger partial charge in [0.25, 0.3) is 0 Å². The van der Waals surface area contributed by atoms with Crippen LogP contribution in [0.25, 0.3) is 0 Å². The minimum Gasteiger partial charge on any atom is -0.338 e. The van der Waals surface area contributed by atoms with Gasteiger partial charge in [-0.25, -0.2) is 4.98 Å². The van der Waals surface area contributed by atoms with Crippen molar-refractivity contribution in [3.05, 3.63) is 17.2 Å². The van der Waals surface area contributed by atoms with Crippen LogP contribution in [0.3, 0.4) is 0 Å². The summed E-state index contributed by atoms with van der Waals surface area (Å²) in [5.41, 5.74) is 2.54. The van der Waals surface area contributed by atoms with E-state index >= 15 is 0 Å². The molecule has 1 fully saturated rings. The molecule has 0 atom stereocenters. The summed E-state index contributed by atoms with van der Waals surface area (Å²) in [6.45, 7) is 5.42. The van der Waals surface area contributed by atoms with Gasteiger partial charge in [-0.3, -0.25) is 4.79 Å². The van der Waals surface area contributed by atoms with Gasteiger partial charge in [0.05, 0.1) is 5.69 Å². The summed E-state index contributed by atoms with van der Waals surface area (Å²) >= 11 is 0. The first-order chi connectivity index (χ1) is 9.20. The Labute approximate surface area is 114 Å². The maximum atomic E-state index is 12.4. The number of amides is 1. The average Bonchev–Trinajstić information content (AvgIpc) is 3.17. The number of imidazole rings is 1. The molecule has 0 aliphatic heterocycles. The second kappa shape index (κ2) is 4.99. The number of hydrogen-bond acceptors (Lipinski definition) is 2. The van der Waals surface area contributed by atoms with Gasteiger partial charge in [0.15, 0.2) is 0 Å². The first kappa shape index (κ1) is 12.7. The van der Waals surface area contributed by atoms with Crippen LogP contribution >= 0.6 is 0 Å². The highest BCUT2D eigenvalue weighted by atomic mass is 16.2. The normalized spacial score (nSPS) is 18.2. The second-order valence-corrected chi connectivity index (χ2v) is 5.76. The third-order valence-electron chi connectivity index (χ3n) is 4.37. The molecule has 1 saturated carbocycles. The van der Waals surface area contributed by atoms with Gasteiger partial charge in [-0.2, -0.15) is 0 Å². The van der Waals surface area contributed by atoms with E-state index in [1.165, 1.54) is 37.1 Å². The van der Waals surface area contributed by atoms with E-state index in [0.717, 1.165) is 25.2 Å². The molecule has 1 amide bonds. The van der Waals surface area contributed by atoms with E-state index in [1.807, 2.05) is 11.8 Å². The Morgan fingerprint density at radius 2 is 2.11 bits per heavy atom. The molecule has 0 bridgehead atoms. The Kier molecular flexibility index (Phi) is 3.33. The first-order valence-electron chi connectivity index (χ1n) is 7.55. The number of carbonyl (C=O) groups is 1. The molecule has 0 aromatic carbocycles. The van der Waals surface area contributed by atoms with Crippen molar-refractivity contribution in [3.63, 3.8) is 0 Å². The summed E-state index contributed by atoms with van der Waals surface area (Å²) in [7, 11) is 0. The molecule has 1 aromatic rings. The number of rotatable bonds is 4. The van der Waals surface area contributed by atoms with Crippen molar-refractivity contribution in [2.75, 3.05) is 6.54 Å². The molecule has 2 aliphatic carbocycles. The zero-order chi connectivity index (χ0) is 13.4. The maximum absolute atomic E-state index is 12.4. The number of aryl methyl sites for hydroxylation is 2. The lowest BCUT2D eigenvalue weighted by Gasteiger charge is -2.22. The average molecular weight is 261 g/mol. The molecule has 1 heterocycles. The van der Waals surface area contributed by atoms with E-state index in [1.54, 1.807) is 0 Å². The lowest BCUT2D eigenvalue weighted by Crippen LogP contribution is -2.36. The van der Waals surface area contributed by atoms with Gasteiger partial charge in [-0.1, -0.05) is 0 Å². The Hall–Kier alpha value is -1.32. The van der Waals surface area contributed by atoms with Crippen LogP contribution in [-0.4, -0.2) is 32.9 Å². The van der Waals surface area contributed by atoms with E-state index < -0.39 is 0 Å². The molecular formula is C15H23N3O. The Morgan fingerprint density at radius 1 is 1.37 bits per heavy atom. The van der Waals surface area contributed by atoms with E-state index in [4.69, 9.17) is 0 Å². The molecule has 3 rings (SSSR count). The number of hydrogen-bond donors (Lipinski definition) is 0. The van der Waals surface area contributed by atoms with Crippen molar-refractivity contribution < 1.29 is 4.79 Å². The van der Waals surface area contributed by atoms with Crippen molar-refractivity contribution in [1.29, 1.82) is 0 Å². The summed E-state index contributed by atoms with van der Waals surface area (Å²) in [4.78, 5) is 19.1. The van der Waals surface area contributed by atoms with Gasteiger partial charge in [-0.05, 0) is 52.4 Å². The molecule has 1 aromatic heterocycles. The topological polar surface area (TPSA) is 38.1 Å². The zero-order valence-corrected chi connectivity index (χ0v) is 12.0. The van der Waals surface area contributed by atoms with E-state index in [2.05, 4.69) is 16.5 Å². The smallest absolute Gasteiger partial charge is 0.242 e. The van der Waals surface area contributed by atoms with Crippen LogP contribution in [0.4, 0.5) is 0 Å². The lowest BCUT2D eigenvalue weighted by atomic mass is 10.0. The van der Waals surface area contributed by atoms with Crippen LogP contribution in [0.2, 0.25) is 0 Å². The van der Waals surface area contributed by atoms with Crippen molar-refractivity contribution in [2.45, 2.75) is 65.0 Å². The van der Waals surface area contributed by atoms with E-state index in [9.17, 15) is 4.79 Å². The Balaban J connectivity index is 1.79. The zero-order valence-electron chi connectivity index (χ0n) is 12.0. The van der Waals surface area contributed by atoms with Gasteiger partial charge < -0.3 is 9.47 Å². The molecule has 0 unspecified atom stereocenters. The fraction of sp³-hybridized carbons (Fsp3) is 0.733. The molecule has 104 valence electrons. The third kappa shape index (κ3) is 2.40. The number of fused-ring (bicyclic) bond motifs is 1. The number of aromatic nitrogens is 2. The summed E-state index contributed by atoms with van der Waals surface area (Å²) in [5, 5.41) is 0. The number of carbonyl (C=O) groups excluding carboxylic acids is 1. The molecule has 0 radical (unpaired) electrons. The Bertz CT molecular complexity index is 488. The van der Waals surface area contributed by atoms with Crippen LogP contribution in [-0.2, 0) is 24.2 Å². The van der Waals surface area contributed by atoms with Crippen LogP contribution < -0.4 is 0 Å². The van der Waals surface area contributed by atoms with Crippen LogP contribution in [0.15, 0.2) is 0 Å². The van der Waals surface area contributed by atoms with Gasteiger partial charge in [0, 0.05) is 18.3 Å². The molecule has 4 heteroatoms. The van der Waals surface area contributed by atoms with Gasteiger partial charge in [0.1, 0.15) is 12.4 Å². The van der Waals surface area contributed by atoms with E-state index in [-0.39, 0.29) is 5.91 Å². The highest BCUT2D eigenvalue weighted by Gasteiger charge is 2.32. The quantitative estimate of drug-likeness (QED) is 0.832. The first-order valence-corrected chi connectivity index (χ1v) is 7.55. The summed E-state index contributed by atoms with van der Waals surface area (Å²) in [6.07, 6.45) is 6.99. The predicted molar refractivity (Wildman–Crippen MR) is 74.0 cm³/mol. The number of likely N-dealkylation sites (N-methyl/N-ethyl adjacent to an activating group) is 1. The molecule has 0 N–H and O–H groups in total. The summed E-state index contributed by atoms with van der Waals surface area (Å²) in [5.74, 6) is 1.27. The summed E-state index contributed by atoms with van der Waals surface area (Å²) in [6, 6.07) is 0.511. The van der Waals surface area contributed by atoms with Crippen molar-refractivity contribution in [1.82, 2.24) is 14.5 Å². The number of nitrogens with zero attached hydrogens (tertiary/aromatic N) is 3. The highest BCUT2D eigenvalue weighted by Crippen LogP contribution is 2.27. The van der Waals surface area contributed by atoms with Crippen LogP contribution in [0.5, 0.6) is 0 Å². The second-order valence-electron chi connectivity index (χ2n) is 5.76. The van der Waals surface area contributed by atoms with Gasteiger partial charge in [0.2, 0.25) is 5.91 Å². The largest absolute Gasteiger partial charge is 0.338 e. The SMILES string of the molecule is CCN(C(=O)Cn1c(C)nc2c1CCCC2)C1CC1. The predicted octanol–water partition coefficient (Wildman–Crippen LogP) is 2.08. The molecule has 19 heavy (non-hydrogen) atoms. The van der Waals surface area contributed by atoms with Crippen molar-refractivity contribution >= 4 is 5.91 Å². The standard InChI is InChI=1S/C15H23N3O/c1-3-17(12-8-9-12)15(19)10-18-11(2)16-13-6-4-5-7-14(13)18/h12H,3-10H2,1-2H3. The van der Waals surface area contributed by atoms with Crippen molar-refractivity contribution in [3.8, 4) is 0 Å². The maximum Gasteiger partial charge on any atom is 0.242 e. The Morgan fingerprint density at radius 3 is 2.79 bits per heavy atom. The molecular weight excluding hydrogens is 238 g/mol. The van der Waals surface area contributed by atoms with Crippen LogP contribution in [0, 0.1) is 6.92 Å². The molecule has 4 nitrogen and oxygen atoms in total. The van der Waals surface area contributed by atoms with Crippen LogP contribution in [0.1, 0.15) is 49.8 Å².